The van der Waals surface area contributed by atoms with Gasteiger partial charge in [0.05, 0.1) is 11.8 Å². The average molecular weight is 437 g/mol. The van der Waals surface area contributed by atoms with Crippen LogP contribution in [0.15, 0.2) is 65.8 Å². The second-order valence-electron chi connectivity index (χ2n) is 7.76. The fourth-order valence-electron chi connectivity index (χ4n) is 3.93. The molecule has 3 rings (SSSR count). The minimum absolute atomic E-state index is 0.00430. The first-order chi connectivity index (χ1) is 15.5. The highest BCUT2D eigenvalue weighted by Crippen LogP contribution is 2.19. The summed E-state index contributed by atoms with van der Waals surface area (Å²) in [6, 6.07) is 16.7. The smallest absolute Gasteiger partial charge is 0.326 e. The van der Waals surface area contributed by atoms with Crippen LogP contribution in [0.1, 0.15) is 41.6 Å². The lowest BCUT2D eigenvalue weighted by Crippen LogP contribution is -2.44. The minimum Gasteiger partial charge on any atom is -0.480 e. The zero-order chi connectivity index (χ0) is 22.9. The number of carbonyl (C=O) groups is 3. The third-order valence-electron chi connectivity index (χ3n) is 5.61. The van der Waals surface area contributed by atoms with Gasteiger partial charge in [-0.3, -0.25) is 9.59 Å². The number of amides is 2. The molecule has 32 heavy (non-hydrogen) atoms. The Morgan fingerprint density at radius 2 is 1.69 bits per heavy atom. The number of benzene rings is 2. The van der Waals surface area contributed by atoms with Gasteiger partial charge in [-0.25, -0.2) is 4.79 Å². The summed E-state index contributed by atoms with van der Waals surface area (Å²) < 4.78 is 0. The van der Waals surface area contributed by atoms with Crippen molar-refractivity contribution < 1.29 is 24.7 Å². The fourth-order valence-corrected chi connectivity index (χ4v) is 3.93. The van der Waals surface area contributed by atoms with E-state index < -0.39 is 18.1 Å². The van der Waals surface area contributed by atoms with Gasteiger partial charge in [0, 0.05) is 18.5 Å². The molecule has 0 aromatic heterocycles. The number of hydrogen-bond donors (Lipinski definition) is 3. The first kappa shape index (κ1) is 23.0. The maximum Gasteiger partial charge on any atom is 0.326 e. The highest BCUT2D eigenvalue weighted by molar-refractivity contribution is 6.00. The lowest BCUT2D eigenvalue weighted by Gasteiger charge is -2.23. The Labute approximate surface area is 186 Å². The summed E-state index contributed by atoms with van der Waals surface area (Å²) in [5.74, 6) is -1.63. The summed E-state index contributed by atoms with van der Waals surface area (Å²) in [6.07, 6.45) is 1.56. The Hall–Kier alpha value is -3.68. The fraction of sp³-hybridized carbons (Fsp3) is 0.333. The predicted octanol–water partition coefficient (Wildman–Crippen LogP) is 2.71. The van der Waals surface area contributed by atoms with Gasteiger partial charge in [-0.05, 0) is 43.4 Å². The summed E-state index contributed by atoms with van der Waals surface area (Å²) >= 11 is 0. The quantitative estimate of drug-likeness (QED) is 0.317. The van der Waals surface area contributed by atoms with E-state index >= 15 is 0 Å². The molecule has 0 aliphatic carbocycles. The predicted molar refractivity (Wildman–Crippen MR) is 119 cm³/mol. The molecule has 2 atom stereocenters. The molecule has 1 saturated heterocycles. The molecule has 1 heterocycles. The van der Waals surface area contributed by atoms with Crippen LogP contribution in [0.25, 0.3) is 0 Å². The van der Waals surface area contributed by atoms with E-state index in [0.717, 1.165) is 5.56 Å². The van der Waals surface area contributed by atoms with Crippen LogP contribution in [0.4, 0.5) is 0 Å². The Balaban J connectivity index is 1.72. The number of likely N-dealkylation sites (tertiary alicyclic amines) is 1. The van der Waals surface area contributed by atoms with Crippen molar-refractivity contribution in [1.82, 2.24) is 10.2 Å². The van der Waals surface area contributed by atoms with E-state index in [4.69, 9.17) is 0 Å². The first-order valence-corrected chi connectivity index (χ1v) is 10.6. The monoisotopic (exact) mass is 437 g/mol. The molecule has 168 valence electrons. The largest absolute Gasteiger partial charge is 0.480 e. The van der Waals surface area contributed by atoms with Crippen LogP contribution in [0.5, 0.6) is 0 Å². The van der Waals surface area contributed by atoms with E-state index in [1.54, 1.807) is 24.3 Å². The highest BCUT2D eigenvalue weighted by Gasteiger charge is 2.34. The van der Waals surface area contributed by atoms with Gasteiger partial charge in [0.2, 0.25) is 5.91 Å². The molecule has 8 nitrogen and oxygen atoms in total. The average Bonchev–Trinajstić information content (AvgIpc) is 3.31. The van der Waals surface area contributed by atoms with Crippen LogP contribution in [0.3, 0.4) is 0 Å². The molecule has 1 fully saturated rings. The number of nitrogens with zero attached hydrogens (tertiary/aromatic N) is 2. The molecular formula is C24H27N3O5. The molecule has 2 amide bonds. The first-order valence-electron chi connectivity index (χ1n) is 10.6. The van der Waals surface area contributed by atoms with Crippen molar-refractivity contribution in [2.45, 2.75) is 44.2 Å². The Bertz CT molecular complexity index is 962. The molecular weight excluding hydrogens is 410 g/mol. The molecule has 1 aliphatic rings. The Kier molecular flexibility index (Phi) is 7.96. The number of carboxylic acid groups (broad SMARTS) is 1. The van der Waals surface area contributed by atoms with Gasteiger partial charge in [-0.2, -0.15) is 0 Å². The summed E-state index contributed by atoms with van der Waals surface area (Å²) in [5, 5.41) is 25.3. The zero-order valence-electron chi connectivity index (χ0n) is 17.7. The molecule has 3 N–H and O–H groups in total. The van der Waals surface area contributed by atoms with Gasteiger partial charge in [-0.1, -0.05) is 53.7 Å². The molecule has 0 radical (unpaired) electrons. The van der Waals surface area contributed by atoms with Crippen LogP contribution in [0, 0.1) is 0 Å². The SMILES string of the molecule is O=C(NC(Cc1ccccc1)/C(CCC(=O)N1CCC[C@H]1C(=O)O)=N/O)c1ccccc1. The summed E-state index contributed by atoms with van der Waals surface area (Å²) in [5.41, 5.74) is 1.67. The molecule has 1 aliphatic heterocycles. The molecule has 2 aromatic carbocycles. The highest BCUT2D eigenvalue weighted by atomic mass is 16.4. The number of oxime groups is 1. The number of hydrogen-bond acceptors (Lipinski definition) is 5. The van der Waals surface area contributed by atoms with Crippen LogP contribution in [-0.2, 0) is 16.0 Å². The van der Waals surface area contributed by atoms with Crippen LogP contribution in [-0.4, -0.2) is 57.3 Å². The van der Waals surface area contributed by atoms with Crippen molar-refractivity contribution in [2.75, 3.05) is 6.54 Å². The second-order valence-corrected chi connectivity index (χ2v) is 7.76. The van der Waals surface area contributed by atoms with E-state index in [9.17, 15) is 24.7 Å². The van der Waals surface area contributed by atoms with E-state index in [1.807, 2.05) is 36.4 Å². The van der Waals surface area contributed by atoms with Gasteiger partial charge in [-0.15, -0.1) is 0 Å². The standard InChI is InChI=1S/C24H27N3O5/c28-22(27-15-7-12-21(27)24(30)31)14-13-19(26-32)20(16-17-8-3-1-4-9-17)25-23(29)18-10-5-2-6-11-18/h1-6,8-11,20-21,32H,7,12-16H2,(H,25,29)(H,30,31)/b26-19+/t20?,21-/m0/s1. The molecule has 2 aromatic rings. The minimum atomic E-state index is -1.01. The van der Waals surface area contributed by atoms with Crippen LogP contribution in [0.2, 0.25) is 0 Å². The molecule has 0 spiro atoms. The summed E-state index contributed by atoms with van der Waals surface area (Å²) in [7, 11) is 0. The molecule has 8 heteroatoms. The molecule has 0 saturated carbocycles. The number of aliphatic carboxylic acids is 1. The number of carbonyl (C=O) groups excluding carboxylic acids is 2. The van der Waals surface area contributed by atoms with Crippen molar-refractivity contribution in [3.8, 4) is 0 Å². The van der Waals surface area contributed by atoms with Crippen LogP contribution < -0.4 is 5.32 Å². The summed E-state index contributed by atoms with van der Waals surface area (Å²) in [6.45, 7) is 0.402. The van der Waals surface area contributed by atoms with Gasteiger partial charge < -0.3 is 20.5 Å². The third-order valence-corrected chi connectivity index (χ3v) is 5.61. The van der Waals surface area contributed by atoms with Gasteiger partial charge in [0.15, 0.2) is 0 Å². The Morgan fingerprint density at radius 3 is 2.31 bits per heavy atom. The van der Waals surface area contributed by atoms with Gasteiger partial charge in [0.25, 0.3) is 5.91 Å². The van der Waals surface area contributed by atoms with Gasteiger partial charge in [0.1, 0.15) is 6.04 Å². The maximum absolute atomic E-state index is 12.7. The maximum atomic E-state index is 12.7. The van der Waals surface area contributed by atoms with E-state index in [-0.39, 0.29) is 30.4 Å². The number of carboxylic acids is 1. The van der Waals surface area contributed by atoms with E-state index in [0.29, 0.717) is 31.4 Å². The molecule has 0 bridgehead atoms. The zero-order valence-corrected chi connectivity index (χ0v) is 17.7. The van der Waals surface area contributed by atoms with Gasteiger partial charge >= 0.3 is 5.97 Å². The number of nitrogens with one attached hydrogen (secondary N) is 1. The topological polar surface area (TPSA) is 119 Å². The number of rotatable bonds is 9. The lowest BCUT2D eigenvalue weighted by molar-refractivity contribution is -0.148. The Morgan fingerprint density at radius 1 is 1.03 bits per heavy atom. The third kappa shape index (κ3) is 5.94. The van der Waals surface area contributed by atoms with E-state index in [2.05, 4.69) is 10.5 Å². The van der Waals surface area contributed by atoms with Crippen molar-refractivity contribution in [2.24, 2.45) is 5.16 Å². The van der Waals surface area contributed by atoms with Crippen molar-refractivity contribution in [3.05, 3.63) is 71.8 Å². The summed E-state index contributed by atoms with van der Waals surface area (Å²) in [4.78, 5) is 38.1. The van der Waals surface area contributed by atoms with E-state index in [1.165, 1.54) is 4.90 Å². The molecule has 1 unspecified atom stereocenters. The van der Waals surface area contributed by atoms with Crippen molar-refractivity contribution >= 4 is 23.5 Å². The van der Waals surface area contributed by atoms with Crippen molar-refractivity contribution in [3.63, 3.8) is 0 Å². The van der Waals surface area contributed by atoms with Crippen molar-refractivity contribution in [1.29, 1.82) is 0 Å². The normalized spacial score (nSPS) is 17.1. The lowest BCUT2D eigenvalue weighted by atomic mass is 9.98. The second kappa shape index (κ2) is 11.1. The van der Waals surface area contributed by atoms with Crippen LogP contribution >= 0.6 is 0 Å².